The number of nitrogens with two attached hydrogens (primary N) is 1. The van der Waals surface area contributed by atoms with Gasteiger partial charge in [-0.25, -0.2) is 5.84 Å². The number of nitrogens with zero attached hydrogens (tertiary/aromatic N) is 1. The third kappa shape index (κ3) is 1.72. The molecule has 0 atom stereocenters. The van der Waals surface area contributed by atoms with E-state index in [0.29, 0.717) is 0 Å². The highest BCUT2D eigenvalue weighted by atomic mass is 16.2. The maximum atomic E-state index is 12.0. The van der Waals surface area contributed by atoms with Gasteiger partial charge in [-0.1, -0.05) is 0 Å². The molecule has 1 aromatic rings. The van der Waals surface area contributed by atoms with Crippen LogP contribution in [0.25, 0.3) is 0 Å². The van der Waals surface area contributed by atoms with Gasteiger partial charge in [-0.05, 0) is 44.6 Å². The Labute approximate surface area is 95.0 Å². The fourth-order valence-electron chi connectivity index (χ4n) is 2.41. The maximum absolute atomic E-state index is 12.0. The number of carbonyl (C=O) groups excluding carboxylic acids is 1. The van der Waals surface area contributed by atoms with Gasteiger partial charge in [0.2, 0.25) is 5.91 Å². The molecule has 0 saturated carbocycles. The van der Waals surface area contributed by atoms with Crippen LogP contribution in [0.1, 0.15) is 18.4 Å². The Balaban J connectivity index is 2.30. The minimum absolute atomic E-state index is 0.0831. The first kappa shape index (κ1) is 11.2. The third-order valence-corrected chi connectivity index (χ3v) is 3.56. The third-order valence-electron chi connectivity index (χ3n) is 3.56. The number of piperidine rings is 1. The zero-order valence-electron chi connectivity index (χ0n) is 9.49. The van der Waals surface area contributed by atoms with Crippen molar-refractivity contribution in [2.45, 2.75) is 18.3 Å². The number of aromatic amines is 1. The Bertz CT molecular complexity index is 352. The standard InChI is InChI=1S/C11H18N4O/c1-15-6-3-11(4-7-15,10(16)14-12)9-2-5-13-8-9/h2,5,8,13H,3-4,6-7,12H2,1H3,(H,14,16). The zero-order chi connectivity index (χ0) is 11.6. The maximum Gasteiger partial charge on any atom is 0.244 e. The van der Waals surface area contributed by atoms with Crippen molar-refractivity contribution in [3.63, 3.8) is 0 Å². The van der Waals surface area contributed by atoms with Gasteiger partial charge in [0.1, 0.15) is 0 Å². The number of H-pyrrole nitrogens is 1. The summed E-state index contributed by atoms with van der Waals surface area (Å²) >= 11 is 0. The zero-order valence-corrected chi connectivity index (χ0v) is 9.49. The second kappa shape index (κ2) is 4.27. The SMILES string of the molecule is CN1CCC(C(=O)NN)(c2cc[nH]c2)CC1. The van der Waals surface area contributed by atoms with E-state index in [9.17, 15) is 4.79 Å². The predicted molar refractivity (Wildman–Crippen MR) is 61.5 cm³/mol. The highest BCUT2D eigenvalue weighted by molar-refractivity contribution is 5.87. The number of amides is 1. The van der Waals surface area contributed by atoms with Crippen LogP contribution in [0.2, 0.25) is 0 Å². The molecule has 2 rings (SSSR count). The molecule has 16 heavy (non-hydrogen) atoms. The summed E-state index contributed by atoms with van der Waals surface area (Å²) in [7, 11) is 2.07. The van der Waals surface area contributed by atoms with Crippen molar-refractivity contribution in [3.05, 3.63) is 24.0 Å². The molecule has 1 fully saturated rings. The van der Waals surface area contributed by atoms with Crippen LogP contribution in [-0.4, -0.2) is 35.9 Å². The monoisotopic (exact) mass is 222 g/mol. The van der Waals surface area contributed by atoms with E-state index >= 15 is 0 Å². The van der Waals surface area contributed by atoms with Gasteiger partial charge in [-0.2, -0.15) is 0 Å². The van der Waals surface area contributed by atoms with Crippen molar-refractivity contribution in [1.29, 1.82) is 0 Å². The number of rotatable bonds is 2. The molecule has 4 N–H and O–H groups in total. The number of carbonyl (C=O) groups is 1. The summed E-state index contributed by atoms with van der Waals surface area (Å²) < 4.78 is 0. The van der Waals surface area contributed by atoms with Crippen molar-refractivity contribution in [2.75, 3.05) is 20.1 Å². The Hall–Kier alpha value is -1.33. The number of hydrazine groups is 1. The molecule has 0 aromatic carbocycles. The topological polar surface area (TPSA) is 74.2 Å². The lowest BCUT2D eigenvalue weighted by atomic mass is 9.73. The second-order valence-electron chi connectivity index (χ2n) is 4.46. The van der Waals surface area contributed by atoms with Gasteiger partial charge in [0, 0.05) is 12.4 Å². The molecule has 1 aliphatic rings. The molecular formula is C11H18N4O. The summed E-state index contributed by atoms with van der Waals surface area (Å²) in [6.07, 6.45) is 5.36. The summed E-state index contributed by atoms with van der Waals surface area (Å²) in [6.45, 7) is 1.83. The lowest BCUT2D eigenvalue weighted by Gasteiger charge is -2.38. The van der Waals surface area contributed by atoms with Crippen LogP contribution < -0.4 is 11.3 Å². The largest absolute Gasteiger partial charge is 0.367 e. The van der Waals surface area contributed by atoms with Crippen molar-refractivity contribution < 1.29 is 4.79 Å². The van der Waals surface area contributed by atoms with Crippen LogP contribution in [0.5, 0.6) is 0 Å². The van der Waals surface area contributed by atoms with Crippen molar-refractivity contribution in [3.8, 4) is 0 Å². The van der Waals surface area contributed by atoms with E-state index in [1.165, 1.54) is 0 Å². The van der Waals surface area contributed by atoms with Crippen LogP contribution in [0.4, 0.5) is 0 Å². The summed E-state index contributed by atoms with van der Waals surface area (Å²) in [5.41, 5.74) is 2.88. The normalized spacial score (nSPS) is 20.6. The molecule has 2 heterocycles. The highest BCUT2D eigenvalue weighted by Gasteiger charge is 2.42. The molecule has 0 unspecified atom stereocenters. The Kier molecular flexibility index (Phi) is 2.98. The summed E-state index contributed by atoms with van der Waals surface area (Å²) in [5.74, 6) is 5.22. The van der Waals surface area contributed by atoms with Gasteiger partial charge in [-0.3, -0.25) is 10.2 Å². The first-order valence-electron chi connectivity index (χ1n) is 5.52. The van der Waals surface area contributed by atoms with Crippen LogP contribution >= 0.6 is 0 Å². The fraction of sp³-hybridized carbons (Fsp3) is 0.545. The fourth-order valence-corrected chi connectivity index (χ4v) is 2.41. The lowest BCUT2D eigenvalue weighted by molar-refractivity contribution is -0.128. The minimum Gasteiger partial charge on any atom is -0.367 e. The Morgan fingerprint density at radius 3 is 2.75 bits per heavy atom. The first-order chi connectivity index (χ1) is 7.69. The van der Waals surface area contributed by atoms with Gasteiger partial charge in [0.05, 0.1) is 5.41 Å². The van der Waals surface area contributed by atoms with Crippen molar-refractivity contribution in [2.24, 2.45) is 5.84 Å². The number of nitrogens with one attached hydrogen (secondary N) is 2. The summed E-state index contributed by atoms with van der Waals surface area (Å²) in [6, 6.07) is 1.96. The molecule has 1 amide bonds. The molecule has 5 nitrogen and oxygen atoms in total. The molecule has 88 valence electrons. The molecular weight excluding hydrogens is 204 g/mol. The number of hydrogen-bond donors (Lipinski definition) is 3. The van der Waals surface area contributed by atoms with Crippen molar-refractivity contribution >= 4 is 5.91 Å². The Morgan fingerprint density at radius 1 is 1.56 bits per heavy atom. The number of likely N-dealkylation sites (tertiary alicyclic amines) is 1. The van der Waals surface area contributed by atoms with E-state index in [-0.39, 0.29) is 5.91 Å². The number of hydrogen-bond acceptors (Lipinski definition) is 3. The van der Waals surface area contributed by atoms with E-state index < -0.39 is 5.41 Å². The van der Waals surface area contributed by atoms with Gasteiger partial charge in [-0.15, -0.1) is 0 Å². The van der Waals surface area contributed by atoms with E-state index in [4.69, 9.17) is 5.84 Å². The lowest BCUT2D eigenvalue weighted by Crippen LogP contribution is -2.52. The van der Waals surface area contributed by atoms with E-state index in [0.717, 1.165) is 31.5 Å². The Morgan fingerprint density at radius 2 is 2.25 bits per heavy atom. The quantitative estimate of drug-likeness (QED) is 0.374. The highest BCUT2D eigenvalue weighted by Crippen LogP contribution is 2.35. The van der Waals surface area contributed by atoms with Gasteiger partial charge < -0.3 is 9.88 Å². The first-order valence-corrected chi connectivity index (χ1v) is 5.52. The van der Waals surface area contributed by atoms with Crippen molar-refractivity contribution in [1.82, 2.24) is 15.3 Å². The smallest absolute Gasteiger partial charge is 0.244 e. The molecule has 0 bridgehead atoms. The van der Waals surface area contributed by atoms with Crippen LogP contribution in [0.15, 0.2) is 18.5 Å². The molecule has 0 radical (unpaired) electrons. The van der Waals surface area contributed by atoms with Gasteiger partial charge in [0.15, 0.2) is 0 Å². The molecule has 5 heteroatoms. The molecule has 0 spiro atoms. The molecule has 0 aliphatic carbocycles. The minimum atomic E-state index is -0.457. The molecule has 1 aliphatic heterocycles. The van der Waals surface area contributed by atoms with Gasteiger partial charge in [0.25, 0.3) is 0 Å². The average Bonchev–Trinajstić information content (AvgIpc) is 2.83. The number of aromatic nitrogens is 1. The second-order valence-corrected chi connectivity index (χ2v) is 4.46. The average molecular weight is 222 g/mol. The summed E-state index contributed by atoms with van der Waals surface area (Å²) in [5, 5.41) is 0. The molecule has 1 aromatic heterocycles. The van der Waals surface area contributed by atoms with Crippen LogP contribution in [0.3, 0.4) is 0 Å². The summed E-state index contributed by atoms with van der Waals surface area (Å²) in [4.78, 5) is 17.3. The van der Waals surface area contributed by atoms with E-state index in [1.807, 2.05) is 18.5 Å². The molecule has 1 saturated heterocycles. The van der Waals surface area contributed by atoms with E-state index in [2.05, 4.69) is 22.4 Å². The van der Waals surface area contributed by atoms with Gasteiger partial charge >= 0.3 is 0 Å². The predicted octanol–water partition coefficient (Wildman–Crippen LogP) is -0.0320. The van der Waals surface area contributed by atoms with Crippen LogP contribution in [0, 0.1) is 0 Å². The van der Waals surface area contributed by atoms with E-state index in [1.54, 1.807) is 0 Å². The van der Waals surface area contributed by atoms with Crippen LogP contribution in [-0.2, 0) is 10.2 Å².